The van der Waals surface area contributed by atoms with Crippen LogP contribution in [0, 0.1) is 0 Å². The van der Waals surface area contributed by atoms with Gasteiger partial charge in [0.1, 0.15) is 5.75 Å². The van der Waals surface area contributed by atoms with Gasteiger partial charge in [-0.25, -0.2) is 0 Å². The minimum absolute atomic E-state index is 0.843. The zero-order chi connectivity index (χ0) is 19.9. The Hall–Kier alpha value is -1.28. The average Bonchev–Trinajstić information content (AvgIpc) is 3.19. The third kappa shape index (κ3) is 9.28. The average molecular weight is 401 g/mol. The second-order valence-electron chi connectivity index (χ2n) is 7.92. The van der Waals surface area contributed by atoms with E-state index in [-0.39, 0.29) is 0 Å². The number of aryl methyl sites for hydroxylation is 1. The fraction of sp³-hybridized carbons (Fsp3) is 0.615. The van der Waals surface area contributed by atoms with E-state index in [1.807, 2.05) is 11.3 Å². The first-order chi connectivity index (χ1) is 13.8. The van der Waals surface area contributed by atoms with Gasteiger partial charge in [-0.1, -0.05) is 78.1 Å². The van der Waals surface area contributed by atoms with Crippen molar-refractivity contribution in [3.8, 4) is 16.2 Å². The molecular formula is C26H40OS. The van der Waals surface area contributed by atoms with Crippen molar-refractivity contribution in [1.29, 1.82) is 0 Å². The Morgan fingerprint density at radius 2 is 1.25 bits per heavy atom. The summed E-state index contributed by atoms with van der Waals surface area (Å²) in [6.07, 6.45) is 17.3. The van der Waals surface area contributed by atoms with Gasteiger partial charge in [-0.15, -0.1) is 11.3 Å². The molecule has 0 spiro atoms. The lowest BCUT2D eigenvalue weighted by Gasteiger charge is -2.07. The highest BCUT2D eigenvalue weighted by Crippen LogP contribution is 2.30. The number of thiophene rings is 1. The minimum atomic E-state index is 0.843. The van der Waals surface area contributed by atoms with Crippen LogP contribution in [0.2, 0.25) is 0 Å². The summed E-state index contributed by atoms with van der Waals surface area (Å²) in [6, 6.07) is 13.2. The number of unbranched alkanes of at least 4 members (excludes halogenated alkanes) is 10. The highest BCUT2D eigenvalue weighted by Gasteiger charge is 2.04. The molecule has 156 valence electrons. The van der Waals surface area contributed by atoms with Crippen molar-refractivity contribution in [1.82, 2.24) is 0 Å². The zero-order valence-corrected chi connectivity index (χ0v) is 19.0. The van der Waals surface area contributed by atoms with E-state index in [0.717, 1.165) is 12.4 Å². The van der Waals surface area contributed by atoms with Gasteiger partial charge in [-0.2, -0.15) is 0 Å². The van der Waals surface area contributed by atoms with Crippen molar-refractivity contribution in [2.45, 2.75) is 97.3 Å². The molecule has 0 amide bonds. The number of benzene rings is 1. The highest BCUT2D eigenvalue weighted by atomic mass is 32.1. The number of ether oxygens (including phenoxy) is 1. The van der Waals surface area contributed by atoms with Crippen LogP contribution in [0.1, 0.15) is 95.8 Å². The maximum atomic E-state index is 5.93. The molecule has 2 aromatic rings. The van der Waals surface area contributed by atoms with Gasteiger partial charge in [0, 0.05) is 9.75 Å². The molecule has 0 N–H and O–H groups in total. The van der Waals surface area contributed by atoms with E-state index in [1.54, 1.807) is 0 Å². The van der Waals surface area contributed by atoms with E-state index in [9.17, 15) is 0 Å². The van der Waals surface area contributed by atoms with E-state index >= 15 is 0 Å². The maximum absolute atomic E-state index is 5.93. The van der Waals surface area contributed by atoms with Crippen LogP contribution < -0.4 is 4.74 Å². The summed E-state index contributed by atoms with van der Waals surface area (Å²) in [4.78, 5) is 2.88. The summed E-state index contributed by atoms with van der Waals surface area (Å²) in [5, 5.41) is 0. The molecule has 1 heterocycles. The van der Waals surface area contributed by atoms with Crippen LogP contribution in [-0.4, -0.2) is 6.61 Å². The predicted octanol–water partition coefficient (Wildman–Crippen LogP) is 9.06. The Morgan fingerprint density at radius 3 is 1.93 bits per heavy atom. The molecule has 1 nitrogen and oxygen atoms in total. The number of rotatable bonds is 16. The topological polar surface area (TPSA) is 9.23 Å². The summed E-state index contributed by atoms with van der Waals surface area (Å²) >= 11 is 1.94. The quantitative estimate of drug-likeness (QED) is 0.255. The summed E-state index contributed by atoms with van der Waals surface area (Å²) in [5.74, 6) is 1.00. The second kappa shape index (κ2) is 14.7. The highest BCUT2D eigenvalue weighted by molar-refractivity contribution is 7.15. The van der Waals surface area contributed by atoms with E-state index < -0.39 is 0 Å². The Morgan fingerprint density at radius 1 is 0.643 bits per heavy atom. The molecule has 0 unspecified atom stereocenters. The minimum Gasteiger partial charge on any atom is -0.494 e. The summed E-state index contributed by atoms with van der Waals surface area (Å²) in [6.45, 7) is 5.38. The van der Waals surface area contributed by atoms with Crippen LogP contribution in [0.4, 0.5) is 0 Å². The van der Waals surface area contributed by atoms with Crippen LogP contribution in [0.5, 0.6) is 5.75 Å². The van der Waals surface area contributed by atoms with Crippen LogP contribution in [-0.2, 0) is 6.42 Å². The van der Waals surface area contributed by atoms with E-state index in [1.165, 1.54) is 98.8 Å². The van der Waals surface area contributed by atoms with Crippen molar-refractivity contribution >= 4 is 11.3 Å². The zero-order valence-electron chi connectivity index (χ0n) is 18.2. The molecule has 0 aliphatic carbocycles. The van der Waals surface area contributed by atoms with Crippen molar-refractivity contribution in [3.05, 3.63) is 41.3 Å². The third-order valence-corrected chi connectivity index (χ3v) is 6.54. The number of hydrogen-bond acceptors (Lipinski definition) is 2. The molecule has 0 bridgehead atoms. The van der Waals surface area contributed by atoms with Crippen molar-refractivity contribution in [3.63, 3.8) is 0 Å². The number of hydrogen-bond donors (Lipinski definition) is 0. The van der Waals surface area contributed by atoms with Crippen LogP contribution in [0.25, 0.3) is 10.4 Å². The standard InChI is InChI=1S/C26H40OS/c1-3-5-7-8-9-10-11-12-14-22-27-24-18-16-23(17-19-24)26-21-20-25(28-26)15-13-6-4-2/h16-21H,3-15,22H2,1-2H3. The summed E-state index contributed by atoms with van der Waals surface area (Å²) in [5.41, 5.74) is 1.31. The van der Waals surface area contributed by atoms with E-state index in [0.29, 0.717) is 0 Å². The monoisotopic (exact) mass is 400 g/mol. The molecule has 0 aliphatic heterocycles. The molecule has 0 radical (unpaired) electrons. The van der Waals surface area contributed by atoms with Crippen molar-refractivity contribution in [2.24, 2.45) is 0 Å². The van der Waals surface area contributed by atoms with Gasteiger partial charge in [-0.05, 0) is 61.2 Å². The van der Waals surface area contributed by atoms with Gasteiger partial charge in [0.05, 0.1) is 6.61 Å². The molecule has 0 aliphatic rings. The van der Waals surface area contributed by atoms with Crippen molar-refractivity contribution in [2.75, 3.05) is 6.61 Å². The lowest BCUT2D eigenvalue weighted by Crippen LogP contribution is -1.97. The fourth-order valence-electron chi connectivity index (χ4n) is 3.53. The Kier molecular flexibility index (Phi) is 12.1. The molecule has 1 aromatic heterocycles. The molecule has 0 saturated carbocycles. The molecule has 2 heteroatoms. The molecule has 0 saturated heterocycles. The Balaban J connectivity index is 1.60. The Bertz CT molecular complexity index is 614. The van der Waals surface area contributed by atoms with Gasteiger partial charge in [0.15, 0.2) is 0 Å². The summed E-state index contributed by atoms with van der Waals surface area (Å²) < 4.78 is 5.93. The SMILES string of the molecule is CCCCCCCCCCCOc1ccc(-c2ccc(CCCCC)s2)cc1. The second-order valence-corrected chi connectivity index (χ2v) is 9.09. The molecule has 0 atom stereocenters. The lowest BCUT2D eigenvalue weighted by molar-refractivity contribution is 0.304. The van der Waals surface area contributed by atoms with Crippen molar-refractivity contribution < 1.29 is 4.74 Å². The predicted molar refractivity (Wildman–Crippen MR) is 126 cm³/mol. The first-order valence-electron chi connectivity index (χ1n) is 11.7. The molecule has 0 fully saturated rings. The summed E-state index contributed by atoms with van der Waals surface area (Å²) in [7, 11) is 0. The third-order valence-electron chi connectivity index (χ3n) is 5.34. The molecular weight excluding hydrogens is 360 g/mol. The van der Waals surface area contributed by atoms with Crippen LogP contribution in [0.15, 0.2) is 36.4 Å². The normalized spacial score (nSPS) is 11.1. The van der Waals surface area contributed by atoms with Crippen LogP contribution in [0.3, 0.4) is 0 Å². The molecule has 2 rings (SSSR count). The fourth-order valence-corrected chi connectivity index (χ4v) is 4.59. The molecule has 1 aromatic carbocycles. The Labute approximate surface area is 177 Å². The van der Waals surface area contributed by atoms with Crippen LogP contribution >= 0.6 is 11.3 Å². The van der Waals surface area contributed by atoms with E-state index in [2.05, 4.69) is 50.2 Å². The van der Waals surface area contributed by atoms with E-state index in [4.69, 9.17) is 4.74 Å². The first-order valence-corrected chi connectivity index (χ1v) is 12.5. The lowest BCUT2D eigenvalue weighted by atomic mass is 10.1. The van der Waals surface area contributed by atoms with Gasteiger partial charge in [0.25, 0.3) is 0 Å². The largest absolute Gasteiger partial charge is 0.494 e. The van der Waals surface area contributed by atoms with Gasteiger partial charge in [0.2, 0.25) is 0 Å². The van der Waals surface area contributed by atoms with Gasteiger partial charge < -0.3 is 4.74 Å². The first kappa shape index (κ1) is 23.0. The molecule has 28 heavy (non-hydrogen) atoms. The van der Waals surface area contributed by atoms with Gasteiger partial charge in [-0.3, -0.25) is 0 Å². The van der Waals surface area contributed by atoms with Gasteiger partial charge >= 0.3 is 0 Å². The smallest absolute Gasteiger partial charge is 0.119 e. The maximum Gasteiger partial charge on any atom is 0.119 e.